The van der Waals surface area contributed by atoms with Crippen LogP contribution >= 0.6 is 0 Å². The minimum atomic E-state index is 0.176. The largest absolute Gasteiger partial charge is 0.399 e. The maximum absolute atomic E-state index is 9.16. The molecule has 2 aromatic rings. The lowest BCUT2D eigenvalue weighted by Gasteiger charge is -2.28. The predicted octanol–water partition coefficient (Wildman–Crippen LogP) is 3.34. The fourth-order valence-electron chi connectivity index (χ4n) is 2.08. The lowest BCUT2D eigenvalue weighted by molar-refractivity contribution is 0.739. The van der Waals surface area contributed by atoms with Gasteiger partial charge in [0.15, 0.2) is 0 Å². The van der Waals surface area contributed by atoms with Crippen LogP contribution in [0.15, 0.2) is 48.5 Å². The van der Waals surface area contributed by atoms with Gasteiger partial charge in [-0.3, -0.25) is 0 Å². The first-order valence-electron chi connectivity index (χ1n) is 6.21. The highest BCUT2D eigenvalue weighted by Gasteiger charge is 2.14. The zero-order chi connectivity index (χ0) is 13.8. The third kappa shape index (κ3) is 2.69. The molecule has 3 heteroatoms. The molecule has 1 unspecified atom stereocenters. The summed E-state index contributed by atoms with van der Waals surface area (Å²) in [6.07, 6.45) is 0. The van der Waals surface area contributed by atoms with E-state index in [0.29, 0.717) is 5.56 Å². The first kappa shape index (κ1) is 13.0. The Morgan fingerprint density at radius 3 is 2.37 bits per heavy atom. The summed E-state index contributed by atoms with van der Waals surface area (Å²) in [6.45, 7) is 2.11. The molecule has 0 aliphatic heterocycles. The van der Waals surface area contributed by atoms with Crippen molar-refractivity contribution in [1.29, 1.82) is 5.26 Å². The molecule has 0 aromatic heterocycles. The van der Waals surface area contributed by atoms with Gasteiger partial charge in [0.25, 0.3) is 0 Å². The van der Waals surface area contributed by atoms with Crippen molar-refractivity contribution < 1.29 is 0 Å². The third-order valence-electron chi connectivity index (χ3n) is 3.40. The van der Waals surface area contributed by atoms with Crippen LogP contribution in [0.3, 0.4) is 0 Å². The molecule has 0 amide bonds. The molecule has 0 bridgehead atoms. The van der Waals surface area contributed by atoms with Crippen molar-refractivity contribution in [2.45, 2.75) is 13.0 Å². The van der Waals surface area contributed by atoms with Crippen molar-refractivity contribution in [2.75, 3.05) is 17.7 Å². The second-order valence-electron chi connectivity index (χ2n) is 4.58. The second kappa shape index (κ2) is 5.45. The number of para-hydroxylation sites is 1. The van der Waals surface area contributed by atoms with Crippen LogP contribution in [0.4, 0.5) is 11.4 Å². The Labute approximate surface area is 113 Å². The van der Waals surface area contributed by atoms with Gasteiger partial charge >= 0.3 is 0 Å². The van der Waals surface area contributed by atoms with Gasteiger partial charge in [-0.25, -0.2) is 0 Å². The van der Waals surface area contributed by atoms with Crippen LogP contribution < -0.4 is 10.6 Å². The van der Waals surface area contributed by atoms with Crippen LogP contribution in [0.5, 0.6) is 0 Å². The number of nitriles is 1. The van der Waals surface area contributed by atoms with Gasteiger partial charge in [0.05, 0.1) is 17.3 Å². The van der Waals surface area contributed by atoms with Gasteiger partial charge in [-0.1, -0.05) is 24.3 Å². The Kier molecular flexibility index (Phi) is 3.72. The number of hydrogen-bond acceptors (Lipinski definition) is 3. The summed E-state index contributed by atoms with van der Waals surface area (Å²) >= 11 is 0. The molecule has 2 aromatic carbocycles. The minimum Gasteiger partial charge on any atom is -0.399 e. The fraction of sp³-hybridized carbons (Fsp3) is 0.188. The Bertz CT molecular complexity index is 596. The summed E-state index contributed by atoms with van der Waals surface area (Å²) in [5, 5.41) is 9.16. The standard InChI is InChI=1S/C16H17N3/c1-12(13-7-9-15(18)10-8-13)19(2)16-6-4-3-5-14(16)11-17/h3-10,12H,18H2,1-2H3. The van der Waals surface area contributed by atoms with E-state index in [9.17, 15) is 0 Å². The number of nitrogens with zero attached hydrogens (tertiary/aromatic N) is 2. The highest BCUT2D eigenvalue weighted by molar-refractivity contribution is 5.60. The normalized spacial score (nSPS) is 11.6. The van der Waals surface area contributed by atoms with Gasteiger partial charge in [-0.15, -0.1) is 0 Å². The Morgan fingerprint density at radius 2 is 1.74 bits per heavy atom. The molecule has 19 heavy (non-hydrogen) atoms. The zero-order valence-corrected chi connectivity index (χ0v) is 11.2. The van der Waals surface area contributed by atoms with Crippen LogP contribution in [0.2, 0.25) is 0 Å². The number of rotatable bonds is 3. The van der Waals surface area contributed by atoms with Gasteiger partial charge in [0.1, 0.15) is 6.07 Å². The van der Waals surface area contributed by atoms with Crippen molar-refractivity contribution in [3.8, 4) is 6.07 Å². The molecule has 0 heterocycles. The molecule has 3 nitrogen and oxygen atoms in total. The van der Waals surface area contributed by atoms with E-state index < -0.39 is 0 Å². The molecule has 96 valence electrons. The molecule has 0 radical (unpaired) electrons. The van der Waals surface area contributed by atoms with Crippen molar-refractivity contribution in [3.05, 3.63) is 59.7 Å². The lowest BCUT2D eigenvalue weighted by atomic mass is 10.0. The van der Waals surface area contributed by atoms with Crippen LogP contribution in [-0.2, 0) is 0 Å². The first-order valence-corrected chi connectivity index (χ1v) is 6.21. The van der Waals surface area contributed by atoms with E-state index in [0.717, 1.165) is 11.4 Å². The number of anilines is 2. The fourth-order valence-corrected chi connectivity index (χ4v) is 2.08. The Morgan fingerprint density at radius 1 is 1.11 bits per heavy atom. The van der Waals surface area contributed by atoms with Gasteiger partial charge in [-0.2, -0.15) is 5.26 Å². The second-order valence-corrected chi connectivity index (χ2v) is 4.58. The van der Waals surface area contributed by atoms with E-state index in [1.807, 2.05) is 55.6 Å². The highest BCUT2D eigenvalue weighted by Crippen LogP contribution is 2.28. The SMILES string of the molecule is CC(c1ccc(N)cc1)N(C)c1ccccc1C#N. The smallest absolute Gasteiger partial charge is 0.101 e. The van der Waals surface area contributed by atoms with E-state index in [4.69, 9.17) is 11.0 Å². The predicted molar refractivity (Wildman–Crippen MR) is 78.8 cm³/mol. The highest BCUT2D eigenvalue weighted by atomic mass is 15.1. The summed E-state index contributed by atoms with van der Waals surface area (Å²) in [5.41, 5.74) is 9.26. The summed E-state index contributed by atoms with van der Waals surface area (Å²) in [6, 6.07) is 17.9. The number of hydrogen-bond donors (Lipinski definition) is 1. The lowest BCUT2D eigenvalue weighted by Crippen LogP contribution is -2.22. The monoisotopic (exact) mass is 251 g/mol. The summed E-state index contributed by atoms with van der Waals surface area (Å²) < 4.78 is 0. The van der Waals surface area contributed by atoms with E-state index in [-0.39, 0.29) is 6.04 Å². The molecule has 0 saturated carbocycles. The summed E-state index contributed by atoms with van der Waals surface area (Å²) in [5.74, 6) is 0. The van der Waals surface area contributed by atoms with Gasteiger partial charge in [-0.05, 0) is 36.8 Å². The third-order valence-corrected chi connectivity index (χ3v) is 3.40. The Balaban J connectivity index is 2.31. The van der Waals surface area contributed by atoms with E-state index in [1.165, 1.54) is 5.56 Å². The molecule has 0 fully saturated rings. The average Bonchev–Trinajstić information content (AvgIpc) is 2.46. The molecule has 0 aliphatic carbocycles. The van der Waals surface area contributed by atoms with Crippen molar-refractivity contribution in [2.24, 2.45) is 0 Å². The van der Waals surface area contributed by atoms with E-state index >= 15 is 0 Å². The molecular formula is C16H17N3. The zero-order valence-electron chi connectivity index (χ0n) is 11.2. The summed E-state index contributed by atoms with van der Waals surface area (Å²) in [7, 11) is 2.00. The minimum absolute atomic E-state index is 0.176. The number of nitrogen functional groups attached to an aromatic ring is 1. The van der Waals surface area contributed by atoms with Gasteiger partial charge in [0, 0.05) is 12.7 Å². The molecule has 0 spiro atoms. The van der Waals surface area contributed by atoms with E-state index in [1.54, 1.807) is 0 Å². The quantitative estimate of drug-likeness (QED) is 0.851. The maximum atomic E-state index is 9.16. The van der Waals surface area contributed by atoms with E-state index in [2.05, 4.69) is 17.9 Å². The Hall–Kier alpha value is -2.47. The summed E-state index contributed by atoms with van der Waals surface area (Å²) in [4.78, 5) is 2.10. The molecule has 1 atom stereocenters. The molecule has 0 saturated heterocycles. The number of nitrogens with two attached hydrogens (primary N) is 1. The topological polar surface area (TPSA) is 53.0 Å². The average molecular weight is 251 g/mol. The van der Waals surface area contributed by atoms with Crippen molar-refractivity contribution in [3.63, 3.8) is 0 Å². The number of benzene rings is 2. The first-order chi connectivity index (χ1) is 9.13. The molecule has 2 rings (SSSR count). The van der Waals surface area contributed by atoms with Crippen molar-refractivity contribution >= 4 is 11.4 Å². The maximum Gasteiger partial charge on any atom is 0.101 e. The molecule has 0 aliphatic rings. The van der Waals surface area contributed by atoms with Crippen LogP contribution in [0.25, 0.3) is 0 Å². The van der Waals surface area contributed by atoms with Gasteiger partial charge in [0.2, 0.25) is 0 Å². The molecular weight excluding hydrogens is 234 g/mol. The van der Waals surface area contributed by atoms with Gasteiger partial charge < -0.3 is 10.6 Å². The molecule has 2 N–H and O–H groups in total. The van der Waals surface area contributed by atoms with Crippen molar-refractivity contribution in [1.82, 2.24) is 0 Å². The van der Waals surface area contributed by atoms with Crippen LogP contribution in [-0.4, -0.2) is 7.05 Å². The van der Waals surface area contributed by atoms with Crippen LogP contribution in [0.1, 0.15) is 24.1 Å². The van der Waals surface area contributed by atoms with Crippen LogP contribution in [0, 0.1) is 11.3 Å².